The Morgan fingerprint density at radius 2 is 0.623 bits per heavy atom. The zero-order valence-corrected chi connectivity index (χ0v) is 33.5. The lowest BCUT2D eigenvalue weighted by molar-refractivity contribution is 1.29. The standard InChI is InChI=1S/C60H39N/c1-3-14-40(15-4-1)45-31-34-54-55-24-11-12-25-59(55)61(48-18-5-2-6-19-48)60-35-32-47(39-58(60)57(54)38-45)44-17-13-16-43(36-44)41-26-28-42(29-27-41)46-30-33-53-51-22-8-7-20-49(51)50-21-9-10-23-52(50)56(53)37-46/h1-39H. The van der Waals surface area contributed by atoms with Gasteiger partial charge < -0.3 is 4.90 Å². The second-order valence-electron chi connectivity index (χ2n) is 16.1. The minimum Gasteiger partial charge on any atom is -0.309 e. The molecule has 0 spiro atoms. The van der Waals surface area contributed by atoms with Crippen molar-refractivity contribution < 1.29 is 0 Å². The second-order valence-corrected chi connectivity index (χ2v) is 16.1. The summed E-state index contributed by atoms with van der Waals surface area (Å²) in [7, 11) is 0. The molecule has 11 aromatic rings. The summed E-state index contributed by atoms with van der Waals surface area (Å²) in [4.78, 5) is 2.43. The predicted molar refractivity (Wildman–Crippen MR) is 260 cm³/mol. The Balaban J connectivity index is 0.950. The molecule has 0 N–H and O–H groups in total. The van der Waals surface area contributed by atoms with E-state index in [0.29, 0.717) is 0 Å². The number of rotatable bonds is 5. The van der Waals surface area contributed by atoms with Gasteiger partial charge in [-0.25, -0.2) is 0 Å². The van der Waals surface area contributed by atoms with Crippen LogP contribution >= 0.6 is 0 Å². The maximum atomic E-state index is 2.43. The van der Waals surface area contributed by atoms with E-state index in [9.17, 15) is 0 Å². The zero-order chi connectivity index (χ0) is 40.3. The lowest BCUT2D eigenvalue weighted by atomic mass is 9.89. The maximum absolute atomic E-state index is 2.43. The molecule has 12 rings (SSSR count). The quantitative estimate of drug-likeness (QED) is 0.157. The first-order valence-electron chi connectivity index (χ1n) is 21.1. The molecule has 0 fully saturated rings. The monoisotopic (exact) mass is 773 g/mol. The third-order valence-corrected chi connectivity index (χ3v) is 12.6. The molecule has 1 heterocycles. The van der Waals surface area contributed by atoms with E-state index >= 15 is 0 Å². The van der Waals surface area contributed by atoms with Crippen LogP contribution in [0.25, 0.3) is 99.1 Å². The minimum atomic E-state index is 1.14. The summed E-state index contributed by atoms with van der Waals surface area (Å²) >= 11 is 0. The smallest absolute Gasteiger partial charge is 0.0540 e. The van der Waals surface area contributed by atoms with Crippen LogP contribution in [0.2, 0.25) is 0 Å². The highest BCUT2D eigenvalue weighted by molar-refractivity contribution is 6.25. The number of benzene rings is 11. The zero-order valence-electron chi connectivity index (χ0n) is 33.5. The van der Waals surface area contributed by atoms with E-state index in [-0.39, 0.29) is 0 Å². The van der Waals surface area contributed by atoms with E-state index in [1.54, 1.807) is 0 Å². The topological polar surface area (TPSA) is 3.24 Å². The van der Waals surface area contributed by atoms with Crippen molar-refractivity contribution in [2.75, 3.05) is 4.90 Å². The summed E-state index contributed by atoms with van der Waals surface area (Å²) in [6, 6.07) is 86.8. The van der Waals surface area contributed by atoms with E-state index in [0.717, 1.165) is 11.4 Å². The van der Waals surface area contributed by atoms with E-state index in [4.69, 9.17) is 0 Å². The van der Waals surface area contributed by atoms with Crippen molar-refractivity contribution in [1.29, 1.82) is 0 Å². The van der Waals surface area contributed by atoms with Gasteiger partial charge >= 0.3 is 0 Å². The van der Waals surface area contributed by atoms with E-state index in [2.05, 4.69) is 241 Å². The molecule has 0 aliphatic carbocycles. The normalized spacial score (nSPS) is 11.9. The molecule has 1 heteroatoms. The first-order valence-corrected chi connectivity index (χ1v) is 21.1. The third kappa shape index (κ3) is 5.93. The van der Waals surface area contributed by atoms with Crippen molar-refractivity contribution in [3.63, 3.8) is 0 Å². The molecule has 0 saturated heterocycles. The first kappa shape index (κ1) is 35.0. The Bertz CT molecular complexity index is 3420. The van der Waals surface area contributed by atoms with E-state index in [1.807, 2.05) is 0 Å². The second kappa shape index (κ2) is 14.4. The fourth-order valence-electron chi connectivity index (χ4n) is 9.64. The molecule has 0 atom stereocenters. The maximum Gasteiger partial charge on any atom is 0.0540 e. The SMILES string of the molecule is c1ccc(-c2ccc3c(c2)-c2cc(-c4cccc(-c5ccc(-c6ccc7c8ccccc8c8ccccc8c7c6)cc5)c4)ccc2N(c2ccccc2)c2ccccc2-3)cc1. The molecule has 61 heavy (non-hydrogen) atoms. The summed E-state index contributed by atoms with van der Waals surface area (Å²) in [6.45, 7) is 0. The van der Waals surface area contributed by atoms with Crippen molar-refractivity contribution in [2.45, 2.75) is 0 Å². The fourth-order valence-corrected chi connectivity index (χ4v) is 9.64. The highest BCUT2D eigenvalue weighted by Crippen LogP contribution is 2.52. The van der Waals surface area contributed by atoms with Gasteiger partial charge in [0.2, 0.25) is 0 Å². The molecule has 0 saturated carbocycles. The molecule has 0 radical (unpaired) electrons. The fraction of sp³-hybridized carbons (Fsp3) is 0. The van der Waals surface area contributed by atoms with Crippen molar-refractivity contribution in [3.8, 4) is 66.8 Å². The Morgan fingerprint density at radius 3 is 1.33 bits per heavy atom. The lowest BCUT2D eigenvalue weighted by Gasteiger charge is -2.27. The van der Waals surface area contributed by atoms with E-state index < -0.39 is 0 Å². The van der Waals surface area contributed by atoms with Gasteiger partial charge in [-0.1, -0.05) is 188 Å². The van der Waals surface area contributed by atoms with Gasteiger partial charge in [0.25, 0.3) is 0 Å². The summed E-state index contributed by atoms with van der Waals surface area (Å²) in [5.74, 6) is 0. The summed E-state index contributed by atoms with van der Waals surface area (Å²) < 4.78 is 0. The number of nitrogens with zero attached hydrogens (tertiary/aromatic N) is 1. The van der Waals surface area contributed by atoms with Gasteiger partial charge in [-0.2, -0.15) is 0 Å². The van der Waals surface area contributed by atoms with Crippen LogP contribution in [0.3, 0.4) is 0 Å². The molecule has 0 amide bonds. The van der Waals surface area contributed by atoms with Crippen molar-refractivity contribution >= 4 is 49.4 Å². The summed E-state index contributed by atoms with van der Waals surface area (Å²) in [5, 5.41) is 7.78. The number of hydrogen-bond acceptors (Lipinski definition) is 1. The average molecular weight is 774 g/mol. The van der Waals surface area contributed by atoms with Crippen molar-refractivity contribution in [1.82, 2.24) is 0 Å². The van der Waals surface area contributed by atoms with Crippen LogP contribution in [0.15, 0.2) is 237 Å². The van der Waals surface area contributed by atoms with Crippen LogP contribution in [0.4, 0.5) is 17.1 Å². The highest BCUT2D eigenvalue weighted by atomic mass is 15.1. The van der Waals surface area contributed by atoms with Gasteiger partial charge in [-0.15, -0.1) is 0 Å². The Morgan fingerprint density at radius 1 is 0.197 bits per heavy atom. The molecular weight excluding hydrogens is 735 g/mol. The Labute approximate surface area is 356 Å². The van der Waals surface area contributed by atoms with Crippen molar-refractivity contribution in [3.05, 3.63) is 237 Å². The van der Waals surface area contributed by atoms with Crippen molar-refractivity contribution in [2.24, 2.45) is 0 Å². The van der Waals surface area contributed by atoms with Crippen LogP contribution in [0.1, 0.15) is 0 Å². The highest BCUT2D eigenvalue weighted by Gasteiger charge is 2.27. The Hall–Kier alpha value is -8.00. The van der Waals surface area contributed by atoms with Gasteiger partial charge in [0.1, 0.15) is 0 Å². The van der Waals surface area contributed by atoms with Gasteiger partial charge in [-0.3, -0.25) is 0 Å². The summed E-state index contributed by atoms with van der Waals surface area (Å²) in [6.07, 6.45) is 0. The molecule has 0 aromatic heterocycles. The van der Waals surface area contributed by atoms with Crippen LogP contribution in [-0.4, -0.2) is 0 Å². The molecule has 284 valence electrons. The molecule has 1 aliphatic heterocycles. The molecule has 1 nitrogen and oxygen atoms in total. The van der Waals surface area contributed by atoms with Gasteiger partial charge in [0.15, 0.2) is 0 Å². The van der Waals surface area contributed by atoms with Crippen LogP contribution in [0.5, 0.6) is 0 Å². The molecule has 0 unspecified atom stereocenters. The largest absolute Gasteiger partial charge is 0.309 e. The predicted octanol–water partition coefficient (Wildman–Crippen LogP) is 16.9. The number of anilines is 3. The summed E-state index contributed by atoms with van der Waals surface area (Å²) in [5.41, 5.74) is 18.0. The molecule has 0 bridgehead atoms. The van der Waals surface area contributed by atoms with Gasteiger partial charge in [0, 0.05) is 16.8 Å². The number of fused-ring (bicyclic) bond motifs is 11. The number of hydrogen-bond donors (Lipinski definition) is 0. The van der Waals surface area contributed by atoms with Crippen LogP contribution in [0, 0.1) is 0 Å². The average Bonchev–Trinajstić information content (AvgIpc) is 3.46. The Kier molecular flexibility index (Phi) is 8.25. The molecular formula is C60H39N. The van der Waals surface area contributed by atoms with Gasteiger partial charge in [-0.05, 0) is 136 Å². The molecule has 1 aliphatic rings. The third-order valence-electron chi connectivity index (χ3n) is 12.6. The molecule has 11 aromatic carbocycles. The number of para-hydroxylation sites is 2. The van der Waals surface area contributed by atoms with Gasteiger partial charge in [0.05, 0.1) is 11.4 Å². The van der Waals surface area contributed by atoms with Crippen LogP contribution in [-0.2, 0) is 0 Å². The van der Waals surface area contributed by atoms with E-state index in [1.165, 1.54) is 105 Å². The minimum absolute atomic E-state index is 1.14. The first-order chi connectivity index (χ1) is 30.2. The van der Waals surface area contributed by atoms with Crippen LogP contribution < -0.4 is 4.90 Å². The lowest BCUT2D eigenvalue weighted by Crippen LogP contribution is -2.10.